The highest BCUT2D eigenvalue weighted by Crippen LogP contribution is 2.22. The molecule has 1 saturated heterocycles. The predicted octanol–water partition coefficient (Wildman–Crippen LogP) is 3.75. The topological polar surface area (TPSA) is 91.2 Å². The molecule has 1 aliphatic heterocycles. The third-order valence-electron chi connectivity index (χ3n) is 6.11. The molecule has 0 spiro atoms. The van der Waals surface area contributed by atoms with E-state index in [1.165, 1.54) is 0 Å². The predicted molar refractivity (Wildman–Crippen MR) is 131 cm³/mol. The first kappa shape index (κ1) is 22.0. The summed E-state index contributed by atoms with van der Waals surface area (Å²) in [5.41, 5.74) is 3.59. The Morgan fingerprint density at radius 1 is 1.06 bits per heavy atom. The number of pyridine rings is 2. The van der Waals surface area contributed by atoms with Crippen molar-refractivity contribution in [3.8, 4) is 17.1 Å². The molecule has 174 valence electrons. The van der Waals surface area contributed by atoms with Gasteiger partial charge < -0.3 is 14.8 Å². The van der Waals surface area contributed by atoms with Crippen LogP contribution in [0.2, 0.25) is 0 Å². The Hall–Kier alpha value is -3.78. The van der Waals surface area contributed by atoms with E-state index in [2.05, 4.69) is 15.3 Å². The van der Waals surface area contributed by atoms with Crippen molar-refractivity contribution in [3.63, 3.8) is 0 Å². The molecule has 34 heavy (non-hydrogen) atoms. The lowest BCUT2D eigenvalue weighted by atomic mass is 10.0. The van der Waals surface area contributed by atoms with Gasteiger partial charge in [0.05, 0.1) is 19.3 Å². The Kier molecular flexibility index (Phi) is 6.49. The van der Waals surface area contributed by atoms with E-state index in [1.54, 1.807) is 23.9 Å². The Bertz CT molecular complexity index is 1320. The first-order valence-corrected chi connectivity index (χ1v) is 11.5. The maximum absolute atomic E-state index is 13.5. The summed E-state index contributed by atoms with van der Waals surface area (Å²) in [5, 5.41) is 3.31. The molecule has 5 rings (SSSR count). The van der Waals surface area contributed by atoms with Crippen molar-refractivity contribution in [1.29, 1.82) is 0 Å². The monoisotopic (exact) mass is 457 g/mol. The van der Waals surface area contributed by atoms with Crippen LogP contribution < -0.4 is 15.6 Å². The summed E-state index contributed by atoms with van der Waals surface area (Å²) in [4.78, 5) is 27.3. The van der Waals surface area contributed by atoms with Crippen LogP contribution in [0.4, 0.5) is 5.82 Å². The summed E-state index contributed by atoms with van der Waals surface area (Å²) in [5.74, 6) is 1.36. The van der Waals surface area contributed by atoms with E-state index in [9.17, 15) is 4.79 Å². The fourth-order valence-corrected chi connectivity index (χ4v) is 4.15. The lowest BCUT2D eigenvalue weighted by Gasteiger charge is -2.22. The molecule has 0 radical (unpaired) electrons. The van der Waals surface area contributed by atoms with E-state index in [0.29, 0.717) is 47.6 Å². The molecule has 8 nitrogen and oxygen atoms in total. The summed E-state index contributed by atoms with van der Waals surface area (Å²) >= 11 is 0. The van der Waals surface area contributed by atoms with Crippen molar-refractivity contribution in [2.75, 3.05) is 32.2 Å². The van der Waals surface area contributed by atoms with E-state index in [4.69, 9.17) is 14.5 Å². The van der Waals surface area contributed by atoms with Gasteiger partial charge in [-0.3, -0.25) is 9.36 Å². The zero-order valence-electron chi connectivity index (χ0n) is 19.1. The fourth-order valence-electron chi connectivity index (χ4n) is 4.15. The standard InChI is InChI=1S/C26H27N5O3/c1-33-23-10-7-20(16-27-23)21-8-9-22-25(30-21)31(17-19-5-3-2-4-6-19)26(32)24(29-22)28-15-18-11-13-34-14-12-18/h2-10,16,18H,11-15,17H2,1H3,(H,28,29). The van der Waals surface area contributed by atoms with Gasteiger partial charge in [0.15, 0.2) is 11.5 Å². The minimum Gasteiger partial charge on any atom is -0.481 e. The number of benzene rings is 1. The number of hydrogen-bond acceptors (Lipinski definition) is 7. The van der Waals surface area contributed by atoms with Crippen LogP contribution in [0.5, 0.6) is 5.88 Å². The van der Waals surface area contributed by atoms with Crippen LogP contribution >= 0.6 is 0 Å². The summed E-state index contributed by atoms with van der Waals surface area (Å²) < 4.78 is 12.3. The van der Waals surface area contributed by atoms with Crippen molar-refractivity contribution in [2.45, 2.75) is 19.4 Å². The van der Waals surface area contributed by atoms with Gasteiger partial charge in [0, 0.05) is 37.6 Å². The molecular formula is C26H27N5O3. The summed E-state index contributed by atoms with van der Waals surface area (Å²) in [6.45, 7) is 2.64. The molecule has 8 heteroatoms. The quantitative estimate of drug-likeness (QED) is 0.452. The van der Waals surface area contributed by atoms with Gasteiger partial charge in [-0.15, -0.1) is 0 Å². The van der Waals surface area contributed by atoms with Crippen molar-refractivity contribution in [2.24, 2.45) is 5.92 Å². The molecule has 3 aromatic heterocycles. The van der Waals surface area contributed by atoms with Gasteiger partial charge in [-0.05, 0) is 42.5 Å². The van der Waals surface area contributed by atoms with Gasteiger partial charge in [0.2, 0.25) is 5.88 Å². The second-order valence-corrected chi connectivity index (χ2v) is 8.40. The molecule has 0 unspecified atom stereocenters. The average molecular weight is 458 g/mol. The van der Waals surface area contributed by atoms with Crippen LogP contribution in [0.1, 0.15) is 18.4 Å². The number of nitrogens with one attached hydrogen (secondary N) is 1. The van der Waals surface area contributed by atoms with Crippen LogP contribution in [-0.2, 0) is 11.3 Å². The highest BCUT2D eigenvalue weighted by molar-refractivity contribution is 5.76. The largest absolute Gasteiger partial charge is 0.481 e. The number of rotatable bonds is 7. The zero-order valence-corrected chi connectivity index (χ0v) is 19.1. The molecule has 0 amide bonds. The minimum absolute atomic E-state index is 0.180. The molecular weight excluding hydrogens is 430 g/mol. The van der Waals surface area contributed by atoms with Crippen LogP contribution in [-0.4, -0.2) is 46.4 Å². The first-order valence-electron chi connectivity index (χ1n) is 11.5. The van der Waals surface area contributed by atoms with Crippen molar-refractivity contribution < 1.29 is 9.47 Å². The van der Waals surface area contributed by atoms with Gasteiger partial charge in [0.1, 0.15) is 5.52 Å². The second kappa shape index (κ2) is 10.0. The number of anilines is 1. The van der Waals surface area contributed by atoms with E-state index in [1.807, 2.05) is 48.5 Å². The lowest BCUT2D eigenvalue weighted by Crippen LogP contribution is -2.29. The Morgan fingerprint density at radius 2 is 1.88 bits per heavy atom. The second-order valence-electron chi connectivity index (χ2n) is 8.40. The fraction of sp³-hybridized carbons (Fsp3) is 0.308. The molecule has 1 fully saturated rings. The van der Waals surface area contributed by atoms with Crippen LogP contribution in [0.15, 0.2) is 65.6 Å². The van der Waals surface area contributed by atoms with Gasteiger partial charge in [-0.2, -0.15) is 0 Å². The van der Waals surface area contributed by atoms with Crippen LogP contribution in [0.3, 0.4) is 0 Å². The number of nitrogens with zero attached hydrogens (tertiary/aromatic N) is 4. The smallest absolute Gasteiger partial charge is 0.295 e. The summed E-state index contributed by atoms with van der Waals surface area (Å²) in [6.07, 6.45) is 3.68. The molecule has 1 aromatic carbocycles. The highest BCUT2D eigenvalue weighted by Gasteiger charge is 2.17. The Balaban J connectivity index is 1.55. The molecule has 0 bridgehead atoms. The van der Waals surface area contributed by atoms with E-state index >= 15 is 0 Å². The van der Waals surface area contributed by atoms with Crippen molar-refractivity contribution >= 4 is 17.0 Å². The maximum Gasteiger partial charge on any atom is 0.295 e. The van der Waals surface area contributed by atoms with E-state index < -0.39 is 0 Å². The molecule has 1 N–H and O–H groups in total. The third kappa shape index (κ3) is 4.77. The molecule has 1 aliphatic rings. The number of hydrogen-bond donors (Lipinski definition) is 1. The third-order valence-corrected chi connectivity index (χ3v) is 6.11. The maximum atomic E-state index is 13.5. The first-order chi connectivity index (χ1) is 16.7. The van der Waals surface area contributed by atoms with Gasteiger partial charge in [-0.25, -0.2) is 15.0 Å². The van der Waals surface area contributed by atoms with Gasteiger partial charge in [-0.1, -0.05) is 30.3 Å². The molecule has 0 atom stereocenters. The Labute approximate surface area is 197 Å². The molecule has 4 aromatic rings. The van der Waals surface area contributed by atoms with E-state index in [-0.39, 0.29) is 5.56 Å². The number of fused-ring (bicyclic) bond motifs is 1. The van der Waals surface area contributed by atoms with Gasteiger partial charge in [0.25, 0.3) is 5.56 Å². The summed E-state index contributed by atoms with van der Waals surface area (Å²) in [7, 11) is 1.58. The zero-order chi connectivity index (χ0) is 23.3. The lowest BCUT2D eigenvalue weighted by molar-refractivity contribution is 0.0699. The minimum atomic E-state index is -0.180. The number of ether oxygens (including phenoxy) is 2. The number of methoxy groups -OCH3 is 1. The molecule has 0 saturated carbocycles. The average Bonchev–Trinajstić information content (AvgIpc) is 2.90. The van der Waals surface area contributed by atoms with Crippen LogP contribution in [0.25, 0.3) is 22.4 Å². The van der Waals surface area contributed by atoms with Gasteiger partial charge >= 0.3 is 0 Å². The summed E-state index contributed by atoms with van der Waals surface area (Å²) in [6, 6.07) is 17.4. The Morgan fingerprint density at radius 3 is 2.62 bits per heavy atom. The molecule has 0 aliphatic carbocycles. The molecule has 4 heterocycles. The van der Waals surface area contributed by atoms with Crippen molar-refractivity contribution in [1.82, 2.24) is 19.5 Å². The SMILES string of the molecule is COc1ccc(-c2ccc3nc(NCC4CCOCC4)c(=O)n(Cc4ccccc4)c3n2)cn1. The van der Waals surface area contributed by atoms with Crippen molar-refractivity contribution in [3.05, 3.63) is 76.7 Å². The number of aromatic nitrogens is 4. The highest BCUT2D eigenvalue weighted by atomic mass is 16.5. The normalized spacial score (nSPS) is 14.3. The van der Waals surface area contributed by atoms with Crippen LogP contribution in [0, 0.1) is 5.92 Å². The van der Waals surface area contributed by atoms with E-state index in [0.717, 1.165) is 37.2 Å².